The number of aryl methyl sites for hydroxylation is 1. The summed E-state index contributed by atoms with van der Waals surface area (Å²) in [5, 5.41) is 9.49. The average molecular weight is 221 g/mol. The van der Waals surface area contributed by atoms with Crippen molar-refractivity contribution < 1.29 is 0 Å². The van der Waals surface area contributed by atoms with Gasteiger partial charge in [0, 0.05) is 4.88 Å². The first-order valence-electron chi connectivity index (χ1n) is 5.07. The maximum atomic E-state index is 4.18. The molecule has 0 spiro atoms. The average Bonchev–Trinajstić information content (AvgIpc) is 2.72. The highest BCUT2D eigenvalue weighted by Gasteiger charge is 2.16. The number of hydrogen-bond donors (Lipinski definition) is 0. The molecule has 0 aliphatic heterocycles. The molecule has 2 aromatic heterocycles. The van der Waals surface area contributed by atoms with Gasteiger partial charge >= 0.3 is 0 Å². The predicted molar refractivity (Wildman–Crippen MR) is 62.8 cm³/mol. The highest BCUT2D eigenvalue weighted by atomic mass is 32.1. The Balaban J connectivity index is 2.56. The van der Waals surface area contributed by atoms with Crippen LogP contribution in [0.25, 0.3) is 5.00 Å². The van der Waals surface area contributed by atoms with Gasteiger partial charge in [-0.1, -0.05) is 13.8 Å². The standard InChI is InChI=1S/C11H15N3S/c1-7(2)10-8(3)11(15-9(10)4)14-12-5-6-13-14/h5-7H,1-4H3. The van der Waals surface area contributed by atoms with Crippen LogP contribution in [0, 0.1) is 13.8 Å². The molecule has 80 valence electrons. The fourth-order valence-electron chi connectivity index (χ4n) is 2.01. The van der Waals surface area contributed by atoms with E-state index >= 15 is 0 Å². The van der Waals surface area contributed by atoms with E-state index in [-0.39, 0.29) is 0 Å². The van der Waals surface area contributed by atoms with Gasteiger partial charge in [-0.05, 0) is 30.9 Å². The fourth-order valence-corrected chi connectivity index (χ4v) is 3.23. The van der Waals surface area contributed by atoms with E-state index in [0.29, 0.717) is 5.92 Å². The van der Waals surface area contributed by atoms with Crippen molar-refractivity contribution >= 4 is 11.3 Å². The van der Waals surface area contributed by atoms with E-state index in [1.165, 1.54) is 16.0 Å². The second kappa shape index (κ2) is 3.77. The maximum Gasteiger partial charge on any atom is 0.142 e. The van der Waals surface area contributed by atoms with Gasteiger partial charge in [0.2, 0.25) is 0 Å². The molecule has 2 aromatic rings. The Bertz CT molecular complexity index is 454. The molecule has 3 nitrogen and oxygen atoms in total. The zero-order valence-corrected chi connectivity index (χ0v) is 10.3. The zero-order chi connectivity index (χ0) is 11.0. The number of nitrogens with zero attached hydrogens (tertiary/aromatic N) is 3. The third-order valence-corrected chi connectivity index (χ3v) is 3.72. The van der Waals surface area contributed by atoms with Crippen molar-refractivity contribution in [1.82, 2.24) is 15.0 Å². The molecular formula is C11H15N3S. The lowest BCUT2D eigenvalue weighted by Crippen LogP contribution is -1.98. The summed E-state index contributed by atoms with van der Waals surface area (Å²) in [5.74, 6) is 0.561. The molecule has 2 heterocycles. The Morgan fingerprint density at radius 1 is 1.20 bits per heavy atom. The van der Waals surface area contributed by atoms with Gasteiger partial charge in [0.1, 0.15) is 5.00 Å². The molecule has 4 heteroatoms. The van der Waals surface area contributed by atoms with Gasteiger partial charge in [0.05, 0.1) is 12.4 Å². The predicted octanol–water partition coefficient (Wildman–Crippen LogP) is 3.07. The van der Waals surface area contributed by atoms with Crippen LogP contribution >= 0.6 is 11.3 Å². The summed E-state index contributed by atoms with van der Waals surface area (Å²) in [7, 11) is 0. The van der Waals surface area contributed by atoms with Crippen molar-refractivity contribution in [1.29, 1.82) is 0 Å². The summed E-state index contributed by atoms with van der Waals surface area (Å²) in [6.07, 6.45) is 3.42. The lowest BCUT2D eigenvalue weighted by molar-refractivity contribution is 0.756. The summed E-state index contributed by atoms with van der Waals surface area (Å²) in [6.45, 7) is 8.77. The summed E-state index contributed by atoms with van der Waals surface area (Å²) < 4.78 is 0. The summed E-state index contributed by atoms with van der Waals surface area (Å²) in [6, 6.07) is 0. The molecule has 0 aromatic carbocycles. The molecule has 0 N–H and O–H groups in total. The lowest BCUT2D eigenvalue weighted by atomic mass is 10.0. The van der Waals surface area contributed by atoms with E-state index in [1.54, 1.807) is 28.5 Å². The first-order chi connectivity index (χ1) is 7.11. The third kappa shape index (κ3) is 1.69. The Morgan fingerprint density at radius 3 is 2.27 bits per heavy atom. The van der Waals surface area contributed by atoms with E-state index in [4.69, 9.17) is 0 Å². The SMILES string of the molecule is Cc1sc(-n2nccn2)c(C)c1C(C)C. The monoisotopic (exact) mass is 221 g/mol. The van der Waals surface area contributed by atoms with Gasteiger partial charge in [-0.25, -0.2) is 0 Å². The molecule has 0 saturated carbocycles. The minimum absolute atomic E-state index is 0.561. The van der Waals surface area contributed by atoms with Crippen LogP contribution in [0.3, 0.4) is 0 Å². The molecule has 0 unspecified atom stereocenters. The molecule has 0 saturated heterocycles. The van der Waals surface area contributed by atoms with Crippen LogP contribution in [0.4, 0.5) is 0 Å². The summed E-state index contributed by atoms with van der Waals surface area (Å²) in [5.41, 5.74) is 2.75. The Morgan fingerprint density at radius 2 is 1.80 bits per heavy atom. The van der Waals surface area contributed by atoms with Crippen LogP contribution in [0.1, 0.15) is 35.8 Å². The van der Waals surface area contributed by atoms with E-state index < -0.39 is 0 Å². The molecule has 0 aliphatic rings. The smallest absolute Gasteiger partial charge is 0.142 e. The van der Waals surface area contributed by atoms with Gasteiger partial charge in [-0.15, -0.1) is 16.1 Å². The largest absolute Gasteiger partial charge is 0.156 e. The van der Waals surface area contributed by atoms with E-state index in [2.05, 4.69) is 37.9 Å². The highest BCUT2D eigenvalue weighted by Crippen LogP contribution is 2.34. The van der Waals surface area contributed by atoms with E-state index in [1.807, 2.05) is 0 Å². The Labute approximate surface area is 93.7 Å². The van der Waals surface area contributed by atoms with Crippen molar-refractivity contribution in [2.45, 2.75) is 33.6 Å². The molecule has 0 amide bonds. The number of thiophene rings is 1. The zero-order valence-electron chi connectivity index (χ0n) is 9.48. The van der Waals surface area contributed by atoms with Crippen LogP contribution in [0.5, 0.6) is 0 Å². The summed E-state index contributed by atoms with van der Waals surface area (Å²) >= 11 is 1.76. The molecule has 0 aliphatic carbocycles. The molecule has 0 radical (unpaired) electrons. The molecule has 0 bridgehead atoms. The van der Waals surface area contributed by atoms with Crippen LogP contribution in [-0.2, 0) is 0 Å². The van der Waals surface area contributed by atoms with Crippen molar-refractivity contribution in [2.75, 3.05) is 0 Å². The quantitative estimate of drug-likeness (QED) is 0.780. The Hall–Kier alpha value is -1.16. The van der Waals surface area contributed by atoms with Gasteiger partial charge in [-0.3, -0.25) is 0 Å². The van der Waals surface area contributed by atoms with Crippen molar-refractivity contribution in [3.8, 4) is 5.00 Å². The maximum absolute atomic E-state index is 4.18. The third-order valence-electron chi connectivity index (χ3n) is 2.53. The van der Waals surface area contributed by atoms with Gasteiger partial charge < -0.3 is 0 Å². The number of hydrogen-bond acceptors (Lipinski definition) is 3. The topological polar surface area (TPSA) is 30.7 Å². The Kier molecular flexibility index (Phi) is 2.61. The van der Waals surface area contributed by atoms with Crippen LogP contribution < -0.4 is 0 Å². The van der Waals surface area contributed by atoms with Crippen molar-refractivity contribution in [3.05, 3.63) is 28.4 Å². The molecular weight excluding hydrogens is 206 g/mol. The highest BCUT2D eigenvalue weighted by molar-refractivity contribution is 7.14. The molecule has 15 heavy (non-hydrogen) atoms. The second-order valence-corrected chi connectivity index (χ2v) is 5.18. The van der Waals surface area contributed by atoms with Gasteiger partial charge in [-0.2, -0.15) is 10.2 Å². The minimum atomic E-state index is 0.561. The van der Waals surface area contributed by atoms with Crippen LogP contribution in [0.2, 0.25) is 0 Å². The number of aromatic nitrogens is 3. The first-order valence-corrected chi connectivity index (χ1v) is 5.89. The van der Waals surface area contributed by atoms with Crippen LogP contribution in [0.15, 0.2) is 12.4 Å². The number of rotatable bonds is 2. The first kappa shape index (κ1) is 10.4. The van der Waals surface area contributed by atoms with Gasteiger partial charge in [0.25, 0.3) is 0 Å². The van der Waals surface area contributed by atoms with Crippen LogP contribution in [-0.4, -0.2) is 15.0 Å². The lowest BCUT2D eigenvalue weighted by Gasteiger charge is -2.06. The minimum Gasteiger partial charge on any atom is -0.156 e. The normalized spacial score (nSPS) is 11.3. The van der Waals surface area contributed by atoms with Gasteiger partial charge in [0.15, 0.2) is 0 Å². The molecule has 2 rings (SSSR count). The second-order valence-electron chi connectivity index (χ2n) is 3.98. The van der Waals surface area contributed by atoms with Crippen molar-refractivity contribution in [2.24, 2.45) is 0 Å². The molecule has 0 fully saturated rings. The molecule has 0 atom stereocenters. The fraction of sp³-hybridized carbons (Fsp3) is 0.455. The van der Waals surface area contributed by atoms with E-state index in [9.17, 15) is 0 Å². The van der Waals surface area contributed by atoms with Crippen molar-refractivity contribution in [3.63, 3.8) is 0 Å². The van der Waals surface area contributed by atoms with E-state index in [0.717, 1.165) is 5.00 Å². The summed E-state index contributed by atoms with van der Waals surface area (Å²) in [4.78, 5) is 3.08.